The molecule has 4 nitrogen and oxygen atoms in total. The Morgan fingerprint density at radius 3 is 2.70 bits per heavy atom. The smallest absolute Gasteiger partial charge is 0.226 e. The van der Waals surface area contributed by atoms with Gasteiger partial charge in [0.2, 0.25) is 11.8 Å². The third-order valence-corrected chi connectivity index (χ3v) is 3.97. The molecule has 0 aromatic carbocycles. The third-order valence-electron chi connectivity index (χ3n) is 3.97. The predicted octanol–water partition coefficient (Wildman–Crippen LogP) is 3.81. The van der Waals surface area contributed by atoms with Crippen molar-refractivity contribution in [3.63, 3.8) is 0 Å². The molecule has 20 heavy (non-hydrogen) atoms. The largest absolute Gasteiger partial charge is 0.478 e. The van der Waals surface area contributed by atoms with Crippen molar-refractivity contribution in [1.82, 2.24) is 9.97 Å². The van der Waals surface area contributed by atoms with Gasteiger partial charge in [-0.25, -0.2) is 4.98 Å². The SMILES string of the molecule is CCCOc1cc(C)nc(NCC2CCC(C)CC2)n1. The number of hydrogen-bond donors (Lipinski definition) is 1. The van der Waals surface area contributed by atoms with Crippen LogP contribution in [0.4, 0.5) is 5.95 Å². The first-order valence-electron chi connectivity index (χ1n) is 7.89. The summed E-state index contributed by atoms with van der Waals surface area (Å²) < 4.78 is 5.59. The minimum absolute atomic E-state index is 0.680. The molecule has 1 saturated carbocycles. The summed E-state index contributed by atoms with van der Waals surface area (Å²) in [6, 6.07) is 1.89. The summed E-state index contributed by atoms with van der Waals surface area (Å²) in [5, 5.41) is 3.38. The Kier molecular flexibility index (Phi) is 5.62. The van der Waals surface area contributed by atoms with E-state index < -0.39 is 0 Å². The van der Waals surface area contributed by atoms with E-state index in [1.807, 2.05) is 13.0 Å². The van der Waals surface area contributed by atoms with Crippen molar-refractivity contribution < 1.29 is 4.74 Å². The lowest BCUT2D eigenvalue weighted by molar-refractivity contribution is 0.298. The van der Waals surface area contributed by atoms with E-state index in [1.54, 1.807) is 0 Å². The van der Waals surface area contributed by atoms with Crippen molar-refractivity contribution >= 4 is 5.95 Å². The maximum absolute atomic E-state index is 5.59. The molecule has 1 aromatic rings. The highest BCUT2D eigenvalue weighted by Crippen LogP contribution is 2.28. The van der Waals surface area contributed by atoms with Gasteiger partial charge in [0.25, 0.3) is 0 Å². The average Bonchev–Trinajstić information content (AvgIpc) is 2.44. The van der Waals surface area contributed by atoms with Crippen molar-refractivity contribution in [3.05, 3.63) is 11.8 Å². The van der Waals surface area contributed by atoms with E-state index >= 15 is 0 Å². The summed E-state index contributed by atoms with van der Waals surface area (Å²) in [6.07, 6.45) is 6.34. The standard InChI is InChI=1S/C16H27N3O/c1-4-9-20-15-10-13(3)18-16(19-15)17-11-14-7-5-12(2)6-8-14/h10,12,14H,4-9,11H2,1-3H3,(H,17,18,19). The molecule has 4 heteroatoms. The molecule has 1 aliphatic carbocycles. The molecule has 112 valence electrons. The van der Waals surface area contributed by atoms with Crippen LogP contribution in [-0.2, 0) is 0 Å². The molecule has 2 rings (SSSR count). The fourth-order valence-electron chi connectivity index (χ4n) is 2.67. The molecule has 0 aliphatic heterocycles. The lowest BCUT2D eigenvalue weighted by Gasteiger charge is -2.26. The topological polar surface area (TPSA) is 47.0 Å². The Morgan fingerprint density at radius 2 is 2.00 bits per heavy atom. The summed E-state index contributed by atoms with van der Waals surface area (Å²) in [5.74, 6) is 3.04. The second-order valence-corrected chi connectivity index (χ2v) is 6.03. The Labute approximate surface area is 122 Å². The zero-order chi connectivity index (χ0) is 14.4. The van der Waals surface area contributed by atoms with Crippen molar-refractivity contribution in [2.75, 3.05) is 18.5 Å². The number of anilines is 1. The molecule has 1 aliphatic rings. The van der Waals surface area contributed by atoms with Gasteiger partial charge in [-0.3, -0.25) is 0 Å². The van der Waals surface area contributed by atoms with Crippen LogP contribution in [0.3, 0.4) is 0 Å². The third kappa shape index (κ3) is 4.66. The average molecular weight is 277 g/mol. The summed E-state index contributed by atoms with van der Waals surface area (Å²) in [4.78, 5) is 8.87. The van der Waals surface area contributed by atoms with E-state index in [0.29, 0.717) is 18.4 Å². The van der Waals surface area contributed by atoms with Gasteiger partial charge in [-0.05, 0) is 38.0 Å². The van der Waals surface area contributed by atoms with Gasteiger partial charge in [-0.15, -0.1) is 0 Å². The molecule has 0 saturated heterocycles. The fourth-order valence-corrected chi connectivity index (χ4v) is 2.67. The minimum atomic E-state index is 0.680. The van der Waals surface area contributed by atoms with Crippen LogP contribution in [0, 0.1) is 18.8 Å². The lowest BCUT2D eigenvalue weighted by atomic mass is 9.83. The number of nitrogens with zero attached hydrogens (tertiary/aromatic N) is 2. The van der Waals surface area contributed by atoms with E-state index in [-0.39, 0.29) is 0 Å². The second-order valence-electron chi connectivity index (χ2n) is 6.03. The van der Waals surface area contributed by atoms with Crippen molar-refractivity contribution in [2.45, 2.75) is 52.9 Å². The van der Waals surface area contributed by atoms with Gasteiger partial charge in [0, 0.05) is 18.3 Å². The summed E-state index contributed by atoms with van der Waals surface area (Å²) in [5.41, 5.74) is 0.950. The number of aromatic nitrogens is 2. The number of nitrogens with one attached hydrogen (secondary N) is 1. The molecule has 0 bridgehead atoms. The zero-order valence-corrected chi connectivity index (χ0v) is 13.0. The van der Waals surface area contributed by atoms with E-state index in [4.69, 9.17) is 4.74 Å². The quantitative estimate of drug-likeness (QED) is 0.859. The normalized spacial score (nSPS) is 22.6. The van der Waals surface area contributed by atoms with Gasteiger partial charge >= 0.3 is 0 Å². The number of ether oxygens (including phenoxy) is 1. The fraction of sp³-hybridized carbons (Fsp3) is 0.750. The van der Waals surface area contributed by atoms with Crippen LogP contribution in [0.1, 0.15) is 51.6 Å². The first-order valence-corrected chi connectivity index (χ1v) is 7.89. The van der Waals surface area contributed by atoms with Crippen LogP contribution >= 0.6 is 0 Å². The van der Waals surface area contributed by atoms with Crippen molar-refractivity contribution in [3.8, 4) is 5.88 Å². The van der Waals surface area contributed by atoms with Crippen molar-refractivity contribution in [1.29, 1.82) is 0 Å². The zero-order valence-electron chi connectivity index (χ0n) is 13.0. The number of rotatable bonds is 6. The van der Waals surface area contributed by atoms with Gasteiger partial charge in [0.1, 0.15) is 0 Å². The van der Waals surface area contributed by atoms with Crippen LogP contribution in [0.5, 0.6) is 5.88 Å². The molecule has 1 aromatic heterocycles. The molecule has 1 N–H and O–H groups in total. The Balaban J connectivity index is 1.87. The first-order chi connectivity index (χ1) is 9.67. The Hall–Kier alpha value is -1.32. The summed E-state index contributed by atoms with van der Waals surface area (Å²) in [6.45, 7) is 8.11. The van der Waals surface area contributed by atoms with Crippen LogP contribution in [0.2, 0.25) is 0 Å². The van der Waals surface area contributed by atoms with Gasteiger partial charge < -0.3 is 10.1 Å². The van der Waals surface area contributed by atoms with Crippen molar-refractivity contribution in [2.24, 2.45) is 11.8 Å². The van der Waals surface area contributed by atoms with Gasteiger partial charge in [-0.1, -0.05) is 26.7 Å². The molecule has 1 fully saturated rings. The highest BCUT2D eigenvalue weighted by molar-refractivity contribution is 5.30. The van der Waals surface area contributed by atoms with Gasteiger partial charge in [-0.2, -0.15) is 4.98 Å². The van der Waals surface area contributed by atoms with E-state index in [1.165, 1.54) is 25.7 Å². The maximum Gasteiger partial charge on any atom is 0.226 e. The predicted molar refractivity (Wildman–Crippen MR) is 82.2 cm³/mol. The minimum Gasteiger partial charge on any atom is -0.478 e. The molecule has 0 spiro atoms. The summed E-state index contributed by atoms with van der Waals surface area (Å²) >= 11 is 0. The van der Waals surface area contributed by atoms with Gasteiger partial charge in [0.05, 0.1) is 6.61 Å². The Morgan fingerprint density at radius 1 is 1.25 bits per heavy atom. The van der Waals surface area contributed by atoms with Crippen LogP contribution in [-0.4, -0.2) is 23.1 Å². The molecule has 0 atom stereocenters. The lowest BCUT2D eigenvalue weighted by Crippen LogP contribution is -2.21. The van der Waals surface area contributed by atoms with E-state index in [9.17, 15) is 0 Å². The van der Waals surface area contributed by atoms with Crippen LogP contribution < -0.4 is 10.1 Å². The van der Waals surface area contributed by atoms with Crippen LogP contribution in [0.15, 0.2) is 6.07 Å². The summed E-state index contributed by atoms with van der Waals surface area (Å²) in [7, 11) is 0. The second kappa shape index (κ2) is 7.46. The maximum atomic E-state index is 5.59. The van der Waals surface area contributed by atoms with Crippen LogP contribution in [0.25, 0.3) is 0 Å². The highest BCUT2D eigenvalue weighted by Gasteiger charge is 2.18. The van der Waals surface area contributed by atoms with E-state index in [0.717, 1.165) is 30.5 Å². The molecule has 0 radical (unpaired) electrons. The number of aryl methyl sites for hydroxylation is 1. The van der Waals surface area contributed by atoms with Gasteiger partial charge in [0.15, 0.2) is 0 Å². The first kappa shape index (κ1) is 15.1. The van der Waals surface area contributed by atoms with E-state index in [2.05, 4.69) is 29.1 Å². The Bertz CT molecular complexity index is 414. The monoisotopic (exact) mass is 277 g/mol. The highest BCUT2D eigenvalue weighted by atomic mass is 16.5. The molecule has 0 unspecified atom stereocenters. The number of hydrogen-bond acceptors (Lipinski definition) is 4. The molecular formula is C16H27N3O. The molecule has 0 amide bonds. The molecule has 1 heterocycles. The molecular weight excluding hydrogens is 250 g/mol.